The molecule has 1 saturated heterocycles. The largest absolute Gasteiger partial charge is 0.511 e. The molecule has 3 aliphatic carbocycles. The quantitative estimate of drug-likeness (QED) is 0.269. The number of anilines is 1. The number of Topliss-reactive ketones (excluding diaryl/α,β-unsaturated/α-hetero) is 3. The van der Waals surface area contributed by atoms with Gasteiger partial charge in [-0.05, 0) is 50.2 Å². The first-order valence-corrected chi connectivity index (χ1v) is 14.0. The van der Waals surface area contributed by atoms with Crippen LogP contribution in [0.15, 0.2) is 34.8 Å². The molecule has 1 heterocycles. The standard InChI is InChI=1S/C31H37NO9/c1-14(2)21-24(35)19(15(3)33)26(37)31(40)27(38)22-25(36)20-17(12-29(22,4)13-30(21,31)5)6-7-18(23(20)34)32-28(39)16-8-10-41-11-9-16/h6-7,14,16,21,34-35,38,40H,8-13H2,1-5H3,(H,32,39)/t21?,29-,30-,31+/m1/s1. The van der Waals surface area contributed by atoms with Crippen LogP contribution in [0.5, 0.6) is 5.75 Å². The summed E-state index contributed by atoms with van der Waals surface area (Å²) in [4.78, 5) is 53.2. The van der Waals surface area contributed by atoms with Crippen molar-refractivity contribution in [3.05, 3.63) is 45.9 Å². The minimum Gasteiger partial charge on any atom is -0.511 e. The lowest BCUT2D eigenvalue weighted by Crippen LogP contribution is -2.67. The van der Waals surface area contributed by atoms with Gasteiger partial charge in [0.1, 0.15) is 17.1 Å². The van der Waals surface area contributed by atoms with E-state index < -0.39 is 62.5 Å². The highest BCUT2D eigenvalue weighted by molar-refractivity contribution is 6.25. The van der Waals surface area contributed by atoms with Gasteiger partial charge in [0, 0.05) is 41.5 Å². The molecule has 10 nitrogen and oxygen atoms in total. The number of ether oxygens (including phenoxy) is 1. The Kier molecular flexibility index (Phi) is 6.74. The van der Waals surface area contributed by atoms with E-state index in [2.05, 4.69) is 5.32 Å². The molecular weight excluding hydrogens is 530 g/mol. The highest BCUT2D eigenvalue weighted by atomic mass is 16.5. The highest BCUT2D eigenvalue weighted by Crippen LogP contribution is 2.65. The molecule has 5 rings (SSSR count). The van der Waals surface area contributed by atoms with Crippen molar-refractivity contribution in [2.75, 3.05) is 18.5 Å². The van der Waals surface area contributed by atoms with Crippen LogP contribution in [0.3, 0.4) is 0 Å². The van der Waals surface area contributed by atoms with Crippen molar-refractivity contribution < 1.29 is 44.3 Å². The van der Waals surface area contributed by atoms with E-state index in [1.165, 1.54) is 6.07 Å². The van der Waals surface area contributed by atoms with Gasteiger partial charge in [-0.1, -0.05) is 33.8 Å². The number of nitrogens with one attached hydrogen (secondary N) is 1. The monoisotopic (exact) mass is 567 g/mol. The van der Waals surface area contributed by atoms with Crippen LogP contribution in [0, 0.1) is 28.6 Å². The third kappa shape index (κ3) is 3.90. The molecule has 1 unspecified atom stereocenters. The maximum Gasteiger partial charge on any atom is 0.227 e. The fourth-order valence-corrected chi connectivity index (χ4v) is 8.02. The van der Waals surface area contributed by atoms with Crippen molar-refractivity contribution >= 4 is 28.9 Å². The molecule has 0 bridgehead atoms. The third-order valence-electron chi connectivity index (χ3n) is 9.73. The molecule has 1 aliphatic heterocycles. The van der Waals surface area contributed by atoms with Gasteiger partial charge in [-0.3, -0.25) is 19.2 Å². The smallest absolute Gasteiger partial charge is 0.227 e. The Labute approximate surface area is 238 Å². The van der Waals surface area contributed by atoms with Gasteiger partial charge in [-0.2, -0.15) is 0 Å². The first-order chi connectivity index (χ1) is 19.1. The van der Waals surface area contributed by atoms with Crippen molar-refractivity contribution in [1.82, 2.24) is 0 Å². The Bertz CT molecular complexity index is 1450. The molecule has 10 heteroatoms. The number of aliphatic hydroxyl groups excluding tert-OH is 2. The third-order valence-corrected chi connectivity index (χ3v) is 9.73. The summed E-state index contributed by atoms with van der Waals surface area (Å²) in [5.41, 5.74) is -5.65. The van der Waals surface area contributed by atoms with E-state index in [4.69, 9.17) is 4.74 Å². The number of hydrogen-bond acceptors (Lipinski definition) is 9. The van der Waals surface area contributed by atoms with E-state index in [1.807, 2.05) is 0 Å². The van der Waals surface area contributed by atoms with E-state index >= 15 is 0 Å². The summed E-state index contributed by atoms with van der Waals surface area (Å²) in [5, 5.41) is 48.9. The molecular formula is C31H37NO9. The predicted molar refractivity (Wildman–Crippen MR) is 147 cm³/mol. The summed E-state index contributed by atoms with van der Waals surface area (Å²) in [5.74, 6) is -6.29. The number of aliphatic hydroxyl groups is 3. The lowest BCUT2D eigenvalue weighted by atomic mass is 9.44. The van der Waals surface area contributed by atoms with Crippen LogP contribution < -0.4 is 5.32 Å². The fourth-order valence-electron chi connectivity index (χ4n) is 8.02. The highest BCUT2D eigenvalue weighted by Gasteiger charge is 2.71. The Balaban J connectivity index is 1.65. The molecule has 0 saturated carbocycles. The summed E-state index contributed by atoms with van der Waals surface area (Å²) in [6, 6.07) is 3.18. The fraction of sp³-hybridized carbons (Fsp3) is 0.548. The first-order valence-electron chi connectivity index (χ1n) is 14.0. The van der Waals surface area contributed by atoms with E-state index in [-0.39, 0.29) is 47.4 Å². The molecule has 1 aromatic carbocycles. The Morgan fingerprint density at radius 1 is 1.07 bits per heavy atom. The van der Waals surface area contributed by atoms with Crippen molar-refractivity contribution in [3.63, 3.8) is 0 Å². The SMILES string of the molecule is CC(=O)C1=C(O)C(C(C)C)[C@@]2(C)C[C@@]3(C)Cc4ccc(NC(=O)C5CCOCC5)c(O)c4C(=O)C3=C(O)[C@@]2(O)C1=O. The minimum absolute atomic E-state index is 0.0217. The number of fused-ring (bicyclic) bond motifs is 3. The number of carbonyl (C=O) groups excluding carboxylic acids is 4. The summed E-state index contributed by atoms with van der Waals surface area (Å²) in [6.07, 6.45) is 1.26. The van der Waals surface area contributed by atoms with E-state index in [0.717, 1.165) is 6.92 Å². The molecule has 5 N–H and O–H groups in total. The molecule has 0 aromatic heterocycles. The van der Waals surface area contributed by atoms with Gasteiger partial charge < -0.3 is 30.5 Å². The number of amides is 1. The Hall–Kier alpha value is -3.50. The van der Waals surface area contributed by atoms with E-state index in [9.17, 15) is 39.6 Å². The molecule has 220 valence electrons. The first kappa shape index (κ1) is 29.0. The number of rotatable bonds is 4. The second-order valence-electron chi connectivity index (χ2n) is 12.8. The zero-order valence-electron chi connectivity index (χ0n) is 24.0. The van der Waals surface area contributed by atoms with Gasteiger partial charge in [0.25, 0.3) is 0 Å². The molecule has 4 aliphatic rings. The van der Waals surface area contributed by atoms with E-state index in [0.29, 0.717) is 31.6 Å². The number of carbonyl (C=O) groups is 4. The van der Waals surface area contributed by atoms with Gasteiger partial charge in [0.2, 0.25) is 11.7 Å². The number of benzene rings is 1. The number of aromatic hydroxyl groups is 1. The van der Waals surface area contributed by atoms with Crippen LogP contribution in [0.25, 0.3) is 0 Å². The molecule has 0 radical (unpaired) electrons. The zero-order chi connectivity index (χ0) is 30.2. The van der Waals surface area contributed by atoms with Crippen LogP contribution in [0.2, 0.25) is 0 Å². The molecule has 41 heavy (non-hydrogen) atoms. The predicted octanol–water partition coefficient (Wildman–Crippen LogP) is 3.71. The van der Waals surface area contributed by atoms with Gasteiger partial charge >= 0.3 is 0 Å². The summed E-state index contributed by atoms with van der Waals surface area (Å²) in [6.45, 7) is 8.91. The van der Waals surface area contributed by atoms with Crippen LogP contribution in [-0.2, 0) is 25.5 Å². The van der Waals surface area contributed by atoms with Crippen LogP contribution >= 0.6 is 0 Å². The normalized spacial score (nSPS) is 32.0. The van der Waals surface area contributed by atoms with Crippen molar-refractivity contribution in [2.24, 2.45) is 28.6 Å². The lowest BCUT2D eigenvalue weighted by molar-refractivity contribution is -0.171. The number of allylic oxidation sites excluding steroid dienone is 2. The molecule has 1 aromatic rings. The summed E-state index contributed by atoms with van der Waals surface area (Å²) >= 11 is 0. The summed E-state index contributed by atoms with van der Waals surface area (Å²) < 4.78 is 5.31. The summed E-state index contributed by atoms with van der Waals surface area (Å²) in [7, 11) is 0. The second kappa shape index (κ2) is 9.52. The zero-order valence-corrected chi connectivity index (χ0v) is 24.0. The van der Waals surface area contributed by atoms with Crippen molar-refractivity contribution in [1.29, 1.82) is 0 Å². The lowest BCUT2D eigenvalue weighted by Gasteiger charge is -2.59. The van der Waals surface area contributed by atoms with Gasteiger partial charge in [0.05, 0.1) is 11.3 Å². The van der Waals surface area contributed by atoms with Gasteiger partial charge in [-0.25, -0.2) is 0 Å². The minimum atomic E-state index is -2.67. The van der Waals surface area contributed by atoms with Crippen LogP contribution in [0.1, 0.15) is 69.8 Å². The average molecular weight is 568 g/mol. The molecule has 4 atom stereocenters. The molecule has 1 amide bonds. The number of phenolic OH excluding ortho intramolecular Hbond substituents is 1. The maximum atomic E-state index is 14.1. The van der Waals surface area contributed by atoms with Crippen molar-refractivity contribution in [3.8, 4) is 5.75 Å². The van der Waals surface area contributed by atoms with E-state index in [1.54, 1.807) is 33.8 Å². The van der Waals surface area contributed by atoms with Gasteiger partial charge in [-0.15, -0.1) is 0 Å². The Morgan fingerprint density at radius 3 is 2.29 bits per heavy atom. The topological polar surface area (TPSA) is 170 Å². The van der Waals surface area contributed by atoms with Crippen molar-refractivity contribution in [2.45, 2.75) is 65.9 Å². The number of phenols is 1. The number of ketones is 3. The van der Waals surface area contributed by atoms with Crippen LogP contribution in [0.4, 0.5) is 5.69 Å². The average Bonchev–Trinajstić information content (AvgIpc) is 2.87. The molecule has 0 spiro atoms. The Morgan fingerprint density at radius 2 is 1.71 bits per heavy atom. The molecule has 1 fully saturated rings. The second-order valence-corrected chi connectivity index (χ2v) is 12.8. The number of hydrogen-bond donors (Lipinski definition) is 5. The maximum absolute atomic E-state index is 14.1. The van der Waals surface area contributed by atoms with Gasteiger partial charge in [0.15, 0.2) is 22.9 Å². The van der Waals surface area contributed by atoms with Crippen LogP contribution in [-0.4, -0.2) is 62.5 Å².